The summed E-state index contributed by atoms with van der Waals surface area (Å²) >= 11 is 2.86. The maximum absolute atomic E-state index is 12.9. The zero-order chi connectivity index (χ0) is 26.3. The molecular formula is C28H29N5O3S2. The van der Waals surface area contributed by atoms with Gasteiger partial charge in [-0.15, -0.1) is 23.1 Å². The molecule has 2 N–H and O–H groups in total. The van der Waals surface area contributed by atoms with E-state index in [4.69, 9.17) is 0 Å². The minimum absolute atomic E-state index is 0.0856. The fourth-order valence-corrected chi connectivity index (χ4v) is 6.27. The zero-order valence-corrected chi connectivity index (χ0v) is 22.5. The van der Waals surface area contributed by atoms with Crippen LogP contribution >= 0.6 is 23.1 Å². The molecule has 3 amide bonds. The first-order chi connectivity index (χ1) is 18.6. The molecular weight excluding hydrogens is 518 g/mol. The van der Waals surface area contributed by atoms with Gasteiger partial charge in [0.2, 0.25) is 5.91 Å². The summed E-state index contributed by atoms with van der Waals surface area (Å²) in [4.78, 5) is 49.4. The molecule has 2 aromatic carbocycles. The number of likely N-dealkylation sites (tertiary alicyclic amines) is 1. The SMILES string of the molecule is O=C(NC(Cc1ccccc1)c1nc(C(=O)NCC2=N[C@@H](C(=O)N3CCCC3)CS2)cs1)c1ccccc1. The van der Waals surface area contributed by atoms with Crippen molar-refractivity contribution in [3.05, 3.63) is 87.9 Å². The maximum Gasteiger partial charge on any atom is 0.271 e. The number of thiazole rings is 1. The van der Waals surface area contributed by atoms with Gasteiger partial charge in [-0.1, -0.05) is 48.5 Å². The van der Waals surface area contributed by atoms with E-state index in [1.165, 1.54) is 23.1 Å². The van der Waals surface area contributed by atoms with Gasteiger partial charge in [-0.3, -0.25) is 19.4 Å². The first-order valence-corrected chi connectivity index (χ1v) is 14.5. The molecule has 8 nitrogen and oxygen atoms in total. The van der Waals surface area contributed by atoms with Gasteiger partial charge in [-0.2, -0.15) is 0 Å². The lowest BCUT2D eigenvalue weighted by molar-refractivity contribution is -0.130. The van der Waals surface area contributed by atoms with Crippen LogP contribution in [-0.2, 0) is 11.2 Å². The summed E-state index contributed by atoms with van der Waals surface area (Å²) in [5, 5.41) is 9.09. The van der Waals surface area contributed by atoms with Crippen molar-refractivity contribution < 1.29 is 14.4 Å². The molecule has 1 fully saturated rings. The van der Waals surface area contributed by atoms with E-state index in [-0.39, 0.29) is 36.3 Å². The van der Waals surface area contributed by atoms with Gasteiger partial charge in [0.25, 0.3) is 11.8 Å². The quantitative estimate of drug-likeness (QED) is 0.425. The summed E-state index contributed by atoms with van der Waals surface area (Å²) in [5.74, 6) is 0.200. The van der Waals surface area contributed by atoms with Gasteiger partial charge in [-0.05, 0) is 37.0 Å². The predicted molar refractivity (Wildman–Crippen MR) is 151 cm³/mol. The summed E-state index contributed by atoms with van der Waals surface area (Å²) in [6.45, 7) is 1.88. The number of hydrogen-bond acceptors (Lipinski definition) is 7. The van der Waals surface area contributed by atoms with Gasteiger partial charge in [0.05, 0.1) is 17.6 Å². The van der Waals surface area contributed by atoms with Crippen LogP contribution in [0.3, 0.4) is 0 Å². The molecule has 2 aliphatic rings. The molecule has 196 valence electrons. The Kier molecular flexibility index (Phi) is 8.50. The van der Waals surface area contributed by atoms with Crippen molar-refractivity contribution >= 4 is 45.9 Å². The largest absolute Gasteiger partial charge is 0.344 e. The van der Waals surface area contributed by atoms with Gasteiger partial charge in [0.15, 0.2) is 0 Å². The molecule has 1 aromatic heterocycles. The Morgan fingerprint density at radius 3 is 2.42 bits per heavy atom. The van der Waals surface area contributed by atoms with Crippen LogP contribution in [0.2, 0.25) is 0 Å². The fourth-order valence-electron chi connectivity index (χ4n) is 4.47. The van der Waals surface area contributed by atoms with Gasteiger partial charge in [0.1, 0.15) is 16.7 Å². The van der Waals surface area contributed by atoms with Crippen LogP contribution in [0.15, 0.2) is 71.0 Å². The number of hydrogen-bond donors (Lipinski definition) is 2. The molecule has 0 spiro atoms. The van der Waals surface area contributed by atoms with E-state index >= 15 is 0 Å². The number of rotatable bonds is 9. The number of aromatic nitrogens is 1. The Morgan fingerprint density at radius 1 is 0.974 bits per heavy atom. The van der Waals surface area contributed by atoms with Gasteiger partial charge in [-0.25, -0.2) is 4.98 Å². The Bertz CT molecular complexity index is 1310. The van der Waals surface area contributed by atoms with Crippen molar-refractivity contribution in [2.45, 2.75) is 31.3 Å². The Morgan fingerprint density at radius 2 is 1.68 bits per heavy atom. The van der Waals surface area contributed by atoms with E-state index in [1.54, 1.807) is 17.5 Å². The zero-order valence-electron chi connectivity index (χ0n) is 20.8. The molecule has 0 radical (unpaired) electrons. The van der Waals surface area contributed by atoms with E-state index in [0.29, 0.717) is 28.4 Å². The van der Waals surface area contributed by atoms with E-state index in [9.17, 15) is 14.4 Å². The van der Waals surface area contributed by atoms with Gasteiger partial charge in [0, 0.05) is 29.8 Å². The highest BCUT2D eigenvalue weighted by Crippen LogP contribution is 2.24. The number of carbonyl (C=O) groups is 3. The Balaban J connectivity index is 1.23. The first kappa shape index (κ1) is 26.1. The number of nitrogens with one attached hydrogen (secondary N) is 2. The second-order valence-electron chi connectivity index (χ2n) is 9.22. The van der Waals surface area contributed by atoms with E-state index in [0.717, 1.165) is 36.5 Å². The molecule has 0 saturated carbocycles. The van der Waals surface area contributed by atoms with E-state index in [1.807, 2.05) is 53.4 Å². The highest BCUT2D eigenvalue weighted by Gasteiger charge is 2.30. The maximum atomic E-state index is 12.9. The Labute approximate surface area is 230 Å². The van der Waals surface area contributed by atoms with Crippen LogP contribution in [0.25, 0.3) is 0 Å². The molecule has 1 unspecified atom stereocenters. The third-order valence-electron chi connectivity index (χ3n) is 6.49. The topological polar surface area (TPSA) is 104 Å². The fraction of sp³-hybridized carbons (Fsp3) is 0.321. The molecule has 10 heteroatoms. The lowest BCUT2D eigenvalue weighted by atomic mass is 10.1. The smallest absolute Gasteiger partial charge is 0.271 e. The molecule has 0 bridgehead atoms. The standard InChI is InChI=1S/C28H29N5O3S2/c34-25(20-11-5-2-6-12-20)31-21(15-19-9-3-1-4-10-19)27-32-22(17-38-27)26(35)29-16-24-30-23(18-37-24)28(36)33-13-7-8-14-33/h1-6,9-12,17,21,23H,7-8,13-16,18H2,(H,29,35)(H,31,34)/t21?,23-/m1/s1. The second kappa shape index (κ2) is 12.4. The van der Waals surface area contributed by atoms with E-state index in [2.05, 4.69) is 20.6 Å². The molecule has 0 aliphatic carbocycles. The highest BCUT2D eigenvalue weighted by molar-refractivity contribution is 8.14. The van der Waals surface area contributed by atoms with Crippen molar-refractivity contribution in [1.82, 2.24) is 20.5 Å². The summed E-state index contributed by atoms with van der Waals surface area (Å²) in [7, 11) is 0. The van der Waals surface area contributed by atoms with Crippen LogP contribution in [0.4, 0.5) is 0 Å². The summed E-state index contributed by atoms with van der Waals surface area (Å²) in [6, 6.07) is 18.2. The normalized spacial score (nSPS) is 17.6. The first-order valence-electron chi connectivity index (χ1n) is 12.7. The number of nitrogens with zero attached hydrogens (tertiary/aromatic N) is 3. The predicted octanol–water partition coefficient (Wildman–Crippen LogP) is 3.72. The van der Waals surface area contributed by atoms with Crippen LogP contribution in [0.5, 0.6) is 0 Å². The number of benzene rings is 2. The minimum atomic E-state index is -0.385. The average molecular weight is 548 g/mol. The van der Waals surface area contributed by atoms with Crippen LogP contribution in [0, 0.1) is 0 Å². The molecule has 38 heavy (non-hydrogen) atoms. The molecule has 3 aromatic rings. The molecule has 1 saturated heterocycles. The van der Waals surface area contributed by atoms with Crippen molar-refractivity contribution in [3.8, 4) is 0 Å². The third-order valence-corrected chi connectivity index (χ3v) is 8.51. The summed E-state index contributed by atoms with van der Waals surface area (Å²) in [6.07, 6.45) is 2.65. The van der Waals surface area contributed by atoms with Gasteiger partial charge >= 0.3 is 0 Å². The van der Waals surface area contributed by atoms with Crippen LogP contribution < -0.4 is 10.6 Å². The lowest BCUT2D eigenvalue weighted by Crippen LogP contribution is -2.36. The third kappa shape index (κ3) is 6.49. The number of thioether (sulfide) groups is 1. The summed E-state index contributed by atoms with van der Waals surface area (Å²) < 4.78 is 0. The molecule has 3 heterocycles. The van der Waals surface area contributed by atoms with Crippen molar-refractivity contribution in [3.63, 3.8) is 0 Å². The minimum Gasteiger partial charge on any atom is -0.344 e. The average Bonchev–Trinajstić information content (AvgIpc) is 3.74. The van der Waals surface area contributed by atoms with Gasteiger partial charge < -0.3 is 15.5 Å². The number of aliphatic imine (C=N–C) groups is 1. The van der Waals surface area contributed by atoms with Crippen molar-refractivity contribution in [1.29, 1.82) is 0 Å². The Hall–Kier alpha value is -3.50. The van der Waals surface area contributed by atoms with E-state index < -0.39 is 0 Å². The lowest BCUT2D eigenvalue weighted by Gasteiger charge is -2.17. The molecule has 2 aliphatic heterocycles. The summed E-state index contributed by atoms with van der Waals surface area (Å²) in [5.41, 5.74) is 1.92. The number of amides is 3. The van der Waals surface area contributed by atoms with Crippen molar-refractivity contribution in [2.24, 2.45) is 4.99 Å². The van der Waals surface area contributed by atoms with Crippen LogP contribution in [-0.4, -0.2) is 64.1 Å². The number of carbonyl (C=O) groups excluding carboxylic acids is 3. The molecule has 2 atom stereocenters. The monoisotopic (exact) mass is 547 g/mol. The van der Waals surface area contributed by atoms with Crippen molar-refractivity contribution in [2.75, 3.05) is 25.4 Å². The highest BCUT2D eigenvalue weighted by atomic mass is 32.2. The van der Waals surface area contributed by atoms with Crippen LogP contribution in [0.1, 0.15) is 50.3 Å². The second-order valence-corrected chi connectivity index (χ2v) is 11.2. The molecule has 5 rings (SSSR count).